The van der Waals surface area contributed by atoms with Crippen LogP contribution >= 0.6 is 11.6 Å². The zero-order valence-electron chi connectivity index (χ0n) is 12.5. The van der Waals surface area contributed by atoms with Crippen molar-refractivity contribution >= 4 is 30.8 Å². The number of carbonyl (C=O) groups excluding carboxylic acids is 1. The molecule has 2 nitrogen and oxygen atoms in total. The summed E-state index contributed by atoms with van der Waals surface area (Å²) in [6.07, 6.45) is 0. The molecule has 0 N–H and O–H groups in total. The SMILES string of the molecule is COC(=O)C(c1ccccc1Cl)[Si](C)(C)c1ccccc1. The molecule has 0 bridgehead atoms. The van der Waals surface area contributed by atoms with Crippen LogP contribution in [0.5, 0.6) is 0 Å². The smallest absolute Gasteiger partial charge is 0.310 e. The maximum absolute atomic E-state index is 12.4. The number of halogens is 1. The highest BCUT2D eigenvalue weighted by Crippen LogP contribution is 2.33. The molecule has 21 heavy (non-hydrogen) atoms. The molecule has 0 amide bonds. The van der Waals surface area contributed by atoms with Crippen molar-refractivity contribution in [1.82, 2.24) is 0 Å². The van der Waals surface area contributed by atoms with Gasteiger partial charge in [0.2, 0.25) is 0 Å². The second kappa shape index (κ2) is 6.46. The van der Waals surface area contributed by atoms with Gasteiger partial charge in [0.05, 0.1) is 12.7 Å². The standard InChI is InChI=1S/C17H19ClO2Si/c1-20-17(19)16(14-11-7-8-12-15(14)18)21(2,3)13-9-5-4-6-10-13/h4-12,16H,1-3H3. The first-order valence-electron chi connectivity index (χ1n) is 6.86. The van der Waals surface area contributed by atoms with E-state index in [1.165, 1.54) is 12.3 Å². The Morgan fingerprint density at radius 1 is 1.05 bits per heavy atom. The lowest BCUT2D eigenvalue weighted by Crippen LogP contribution is -2.51. The van der Waals surface area contributed by atoms with Crippen LogP contribution in [0.4, 0.5) is 0 Å². The fourth-order valence-electron chi connectivity index (χ4n) is 2.67. The Morgan fingerprint density at radius 2 is 1.62 bits per heavy atom. The van der Waals surface area contributed by atoms with Crippen molar-refractivity contribution in [3.05, 3.63) is 65.2 Å². The van der Waals surface area contributed by atoms with E-state index >= 15 is 0 Å². The van der Waals surface area contributed by atoms with E-state index in [0.29, 0.717) is 5.02 Å². The van der Waals surface area contributed by atoms with Crippen molar-refractivity contribution in [3.8, 4) is 0 Å². The Kier molecular flexibility index (Phi) is 4.86. The van der Waals surface area contributed by atoms with Gasteiger partial charge in [0.15, 0.2) is 0 Å². The van der Waals surface area contributed by atoms with Gasteiger partial charge in [-0.15, -0.1) is 0 Å². The monoisotopic (exact) mass is 318 g/mol. The van der Waals surface area contributed by atoms with Gasteiger partial charge in [-0.1, -0.05) is 78.4 Å². The Morgan fingerprint density at radius 3 is 2.19 bits per heavy atom. The molecule has 0 aliphatic carbocycles. The maximum atomic E-state index is 12.4. The van der Waals surface area contributed by atoms with Crippen LogP contribution in [-0.4, -0.2) is 21.2 Å². The molecule has 0 spiro atoms. The van der Waals surface area contributed by atoms with Gasteiger partial charge in [0.1, 0.15) is 8.07 Å². The normalized spacial score (nSPS) is 12.8. The van der Waals surface area contributed by atoms with Gasteiger partial charge in [-0.05, 0) is 11.6 Å². The topological polar surface area (TPSA) is 26.3 Å². The molecule has 2 rings (SSSR count). The predicted molar refractivity (Wildman–Crippen MR) is 89.8 cm³/mol. The van der Waals surface area contributed by atoms with Crippen LogP contribution < -0.4 is 5.19 Å². The van der Waals surface area contributed by atoms with E-state index < -0.39 is 8.07 Å². The molecule has 0 radical (unpaired) electrons. The predicted octanol–water partition coefficient (Wildman–Crippen LogP) is 3.75. The van der Waals surface area contributed by atoms with Crippen LogP contribution in [-0.2, 0) is 9.53 Å². The van der Waals surface area contributed by atoms with Crippen LogP contribution in [0, 0.1) is 0 Å². The highest BCUT2D eigenvalue weighted by Gasteiger charge is 2.41. The third kappa shape index (κ3) is 3.19. The highest BCUT2D eigenvalue weighted by atomic mass is 35.5. The summed E-state index contributed by atoms with van der Waals surface area (Å²) < 4.78 is 5.07. The first kappa shape index (κ1) is 15.8. The fraction of sp³-hybridized carbons (Fsp3) is 0.235. The zero-order valence-corrected chi connectivity index (χ0v) is 14.2. The Bertz CT molecular complexity index is 626. The van der Waals surface area contributed by atoms with Crippen LogP contribution in [0.15, 0.2) is 54.6 Å². The number of benzene rings is 2. The summed E-state index contributed by atoms with van der Waals surface area (Å²) in [5.74, 6) is -0.219. The van der Waals surface area contributed by atoms with Crippen molar-refractivity contribution in [2.45, 2.75) is 18.6 Å². The molecule has 2 aromatic rings. The molecule has 0 saturated heterocycles. The molecule has 2 aromatic carbocycles. The van der Waals surface area contributed by atoms with Crippen LogP contribution in [0.3, 0.4) is 0 Å². The lowest BCUT2D eigenvalue weighted by Gasteiger charge is -2.31. The summed E-state index contributed by atoms with van der Waals surface area (Å²) in [5.41, 5.74) is 0.533. The van der Waals surface area contributed by atoms with Gasteiger partial charge in [0.25, 0.3) is 0 Å². The molecule has 0 fully saturated rings. The molecule has 1 unspecified atom stereocenters. The van der Waals surface area contributed by atoms with E-state index in [-0.39, 0.29) is 11.5 Å². The number of carbonyl (C=O) groups is 1. The molecule has 0 aliphatic heterocycles. The summed E-state index contributed by atoms with van der Waals surface area (Å²) in [4.78, 5) is 12.4. The van der Waals surface area contributed by atoms with Gasteiger partial charge in [-0.25, -0.2) is 0 Å². The molecule has 0 saturated carbocycles. The van der Waals surface area contributed by atoms with Gasteiger partial charge in [-0.2, -0.15) is 0 Å². The van der Waals surface area contributed by atoms with Crippen molar-refractivity contribution < 1.29 is 9.53 Å². The van der Waals surface area contributed by atoms with Crippen LogP contribution in [0.1, 0.15) is 11.1 Å². The average Bonchev–Trinajstić information content (AvgIpc) is 2.50. The van der Waals surface area contributed by atoms with Crippen molar-refractivity contribution in [2.24, 2.45) is 0 Å². The van der Waals surface area contributed by atoms with Crippen molar-refractivity contribution in [3.63, 3.8) is 0 Å². The molecular formula is C17H19ClO2Si. The average molecular weight is 319 g/mol. The molecule has 0 heterocycles. The van der Waals surface area contributed by atoms with Gasteiger partial charge in [-0.3, -0.25) is 4.79 Å². The van der Waals surface area contributed by atoms with Crippen molar-refractivity contribution in [1.29, 1.82) is 0 Å². The van der Waals surface area contributed by atoms with Crippen molar-refractivity contribution in [2.75, 3.05) is 7.11 Å². The Labute approximate surface area is 131 Å². The number of hydrogen-bond acceptors (Lipinski definition) is 2. The van der Waals surface area contributed by atoms with Crippen LogP contribution in [0.25, 0.3) is 0 Å². The highest BCUT2D eigenvalue weighted by molar-refractivity contribution is 6.93. The number of hydrogen-bond donors (Lipinski definition) is 0. The van der Waals surface area contributed by atoms with Gasteiger partial charge < -0.3 is 4.74 Å². The minimum Gasteiger partial charge on any atom is -0.469 e. The molecule has 110 valence electrons. The zero-order chi connectivity index (χ0) is 15.5. The first-order valence-corrected chi connectivity index (χ1v) is 10.3. The molecule has 1 atom stereocenters. The molecule has 0 aliphatic rings. The second-order valence-electron chi connectivity index (χ2n) is 5.57. The molecular weight excluding hydrogens is 300 g/mol. The first-order chi connectivity index (χ1) is 9.98. The number of rotatable bonds is 4. The van der Waals surface area contributed by atoms with E-state index in [4.69, 9.17) is 16.3 Å². The summed E-state index contributed by atoms with van der Waals surface area (Å²) in [5, 5.41) is 1.82. The Balaban J connectivity index is 2.56. The van der Waals surface area contributed by atoms with E-state index in [9.17, 15) is 4.79 Å². The second-order valence-corrected chi connectivity index (χ2v) is 10.6. The minimum atomic E-state index is -2.12. The van der Waals surface area contributed by atoms with Gasteiger partial charge in [0, 0.05) is 5.02 Å². The minimum absolute atomic E-state index is 0.219. The van der Waals surface area contributed by atoms with E-state index in [2.05, 4.69) is 25.2 Å². The molecule has 0 aromatic heterocycles. The third-order valence-corrected chi connectivity index (χ3v) is 8.05. The summed E-state index contributed by atoms with van der Waals surface area (Å²) in [7, 11) is -0.692. The summed E-state index contributed by atoms with van der Waals surface area (Å²) >= 11 is 6.33. The summed E-state index contributed by atoms with van der Waals surface area (Å²) in [6.45, 7) is 4.35. The third-order valence-electron chi connectivity index (χ3n) is 3.89. The quantitative estimate of drug-likeness (QED) is 0.634. The van der Waals surface area contributed by atoms with E-state index in [0.717, 1.165) is 5.56 Å². The lowest BCUT2D eigenvalue weighted by molar-refractivity contribution is -0.140. The number of methoxy groups -OCH3 is 1. The largest absolute Gasteiger partial charge is 0.469 e. The van der Waals surface area contributed by atoms with E-state index in [1.807, 2.05) is 42.5 Å². The fourth-order valence-corrected chi connectivity index (χ4v) is 6.13. The van der Waals surface area contributed by atoms with E-state index in [1.54, 1.807) is 0 Å². The maximum Gasteiger partial charge on any atom is 0.310 e. The number of esters is 1. The number of ether oxygens (including phenoxy) is 1. The summed E-state index contributed by atoms with van der Waals surface area (Å²) in [6, 6.07) is 17.7. The lowest BCUT2D eigenvalue weighted by atomic mass is 10.1. The van der Waals surface area contributed by atoms with Crippen LogP contribution in [0.2, 0.25) is 18.1 Å². The Hall–Kier alpha value is -1.58. The van der Waals surface area contributed by atoms with Gasteiger partial charge >= 0.3 is 5.97 Å². The molecule has 4 heteroatoms.